The van der Waals surface area contributed by atoms with Gasteiger partial charge in [-0.1, -0.05) is 12.1 Å². The van der Waals surface area contributed by atoms with Crippen LogP contribution in [0.5, 0.6) is 5.75 Å². The molecule has 0 atom stereocenters. The zero-order chi connectivity index (χ0) is 19.1. The topological polar surface area (TPSA) is 63.5 Å². The molecule has 9 heteroatoms. The minimum absolute atomic E-state index is 0. The van der Waals surface area contributed by atoms with Crippen molar-refractivity contribution in [3.63, 3.8) is 0 Å². The van der Waals surface area contributed by atoms with Crippen LogP contribution in [0, 0.1) is 6.92 Å². The van der Waals surface area contributed by atoms with E-state index in [-0.39, 0.29) is 42.4 Å². The van der Waals surface area contributed by atoms with Gasteiger partial charge in [0.2, 0.25) is 0 Å². The van der Waals surface area contributed by atoms with E-state index in [9.17, 15) is 8.78 Å². The Labute approximate surface area is 175 Å². The first-order valence-corrected chi connectivity index (χ1v) is 8.41. The van der Waals surface area contributed by atoms with Gasteiger partial charge in [0.15, 0.2) is 5.96 Å². The maximum Gasteiger partial charge on any atom is 0.319 e. The average molecular weight is 493 g/mol. The summed E-state index contributed by atoms with van der Waals surface area (Å²) in [6, 6.07) is 6.00. The van der Waals surface area contributed by atoms with E-state index in [0.29, 0.717) is 12.5 Å². The molecule has 0 bridgehead atoms. The summed E-state index contributed by atoms with van der Waals surface area (Å²) in [4.78, 5) is 8.05. The van der Waals surface area contributed by atoms with E-state index in [1.54, 1.807) is 7.05 Å². The molecule has 0 aliphatic carbocycles. The van der Waals surface area contributed by atoms with Crippen LogP contribution in [-0.2, 0) is 13.1 Å². The minimum Gasteiger partial charge on any atom is -0.491 e. The number of aryl methyl sites for hydroxylation is 1. The van der Waals surface area contributed by atoms with Crippen molar-refractivity contribution in [1.82, 2.24) is 20.2 Å². The lowest BCUT2D eigenvalue weighted by molar-refractivity contribution is 0.0668. The quantitative estimate of drug-likeness (QED) is 0.350. The molecule has 27 heavy (non-hydrogen) atoms. The predicted molar refractivity (Wildman–Crippen MR) is 113 cm³/mol. The first-order chi connectivity index (χ1) is 12.4. The third-order valence-corrected chi connectivity index (χ3v) is 3.63. The Morgan fingerprint density at radius 1 is 1.26 bits per heavy atom. The molecule has 0 unspecified atom stereocenters. The fourth-order valence-corrected chi connectivity index (χ4v) is 2.39. The normalized spacial score (nSPS) is 11.5. The molecule has 1 heterocycles. The Morgan fingerprint density at radius 2 is 1.96 bits per heavy atom. The summed E-state index contributed by atoms with van der Waals surface area (Å²) in [5.74, 6) is 1.54. The van der Waals surface area contributed by atoms with Crippen molar-refractivity contribution < 1.29 is 13.5 Å². The summed E-state index contributed by atoms with van der Waals surface area (Å²) in [6.45, 7) is 3.98. The molecular formula is C18H26F2IN5O. The highest BCUT2D eigenvalue weighted by Crippen LogP contribution is 2.21. The van der Waals surface area contributed by atoms with Crippen LogP contribution >= 0.6 is 24.0 Å². The van der Waals surface area contributed by atoms with Gasteiger partial charge in [0, 0.05) is 31.5 Å². The molecule has 6 nitrogen and oxygen atoms in total. The molecule has 0 saturated carbocycles. The van der Waals surface area contributed by atoms with Crippen molar-refractivity contribution in [2.45, 2.75) is 46.5 Å². The zero-order valence-electron chi connectivity index (χ0n) is 15.9. The molecule has 1 aromatic heterocycles. The number of hydrogen-bond donors (Lipinski definition) is 2. The second-order valence-corrected chi connectivity index (χ2v) is 6.09. The number of nitrogens with zero attached hydrogens (tertiary/aromatic N) is 3. The summed E-state index contributed by atoms with van der Waals surface area (Å²) in [6.07, 6.45) is 2.67. The monoisotopic (exact) mass is 493 g/mol. The highest BCUT2D eigenvalue weighted by molar-refractivity contribution is 14.0. The van der Waals surface area contributed by atoms with Crippen molar-refractivity contribution in [3.05, 3.63) is 47.5 Å². The smallest absolute Gasteiger partial charge is 0.319 e. The van der Waals surface area contributed by atoms with Crippen molar-refractivity contribution in [1.29, 1.82) is 0 Å². The van der Waals surface area contributed by atoms with Gasteiger partial charge >= 0.3 is 6.55 Å². The molecule has 0 amide bonds. The van der Waals surface area contributed by atoms with E-state index in [0.717, 1.165) is 21.4 Å². The van der Waals surface area contributed by atoms with Gasteiger partial charge in [-0.3, -0.25) is 9.56 Å². The van der Waals surface area contributed by atoms with Crippen LogP contribution in [0.15, 0.2) is 35.6 Å². The lowest BCUT2D eigenvalue weighted by Crippen LogP contribution is -2.37. The van der Waals surface area contributed by atoms with E-state index in [4.69, 9.17) is 4.74 Å². The van der Waals surface area contributed by atoms with Gasteiger partial charge in [-0.05, 0) is 32.4 Å². The van der Waals surface area contributed by atoms with Crippen LogP contribution in [-0.4, -0.2) is 28.7 Å². The maximum atomic E-state index is 12.9. The van der Waals surface area contributed by atoms with E-state index >= 15 is 0 Å². The number of hydrogen-bond acceptors (Lipinski definition) is 3. The van der Waals surface area contributed by atoms with Crippen molar-refractivity contribution in [2.24, 2.45) is 4.99 Å². The Hall–Kier alpha value is -1.91. The number of benzene rings is 1. The molecule has 2 N–H and O–H groups in total. The number of nitrogens with one attached hydrogen (secondary N) is 2. The highest BCUT2D eigenvalue weighted by atomic mass is 127. The number of aliphatic imine (C=N–C) groups is 1. The molecule has 0 fully saturated rings. The van der Waals surface area contributed by atoms with Crippen LogP contribution < -0.4 is 15.4 Å². The lowest BCUT2D eigenvalue weighted by atomic mass is 10.1. The lowest BCUT2D eigenvalue weighted by Gasteiger charge is -2.17. The summed E-state index contributed by atoms with van der Waals surface area (Å²) in [5, 5.41) is 6.15. The SMILES string of the molecule is CN=C(NCc1ccc(C)cc1OC(C)C)NCc1nccn1C(F)F.I. The maximum absolute atomic E-state index is 12.9. The molecular weight excluding hydrogens is 467 g/mol. The van der Waals surface area contributed by atoms with Gasteiger partial charge in [-0.2, -0.15) is 8.78 Å². The van der Waals surface area contributed by atoms with Gasteiger partial charge in [0.1, 0.15) is 11.6 Å². The number of guanidine groups is 1. The first kappa shape index (κ1) is 23.1. The summed E-state index contributed by atoms with van der Waals surface area (Å²) < 4.78 is 32.4. The fraction of sp³-hybridized carbons (Fsp3) is 0.444. The van der Waals surface area contributed by atoms with Crippen molar-refractivity contribution >= 4 is 29.9 Å². The van der Waals surface area contributed by atoms with Gasteiger partial charge in [-0.25, -0.2) is 4.98 Å². The van der Waals surface area contributed by atoms with Crippen molar-refractivity contribution in [3.8, 4) is 5.75 Å². The number of ether oxygens (including phenoxy) is 1. The Kier molecular flexibility index (Phi) is 9.47. The van der Waals surface area contributed by atoms with Crippen LogP contribution in [0.1, 0.15) is 37.3 Å². The first-order valence-electron chi connectivity index (χ1n) is 8.41. The molecule has 0 radical (unpaired) electrons. The van der Waals surface area contributed by atoms with E-state index in [1.165, 1.54) is 12.4 Å². The molecule has 150 valence electrons. The molecule has 2 aromatic rings. The second kappa shape index (κ2) is 11.1. The van der Waals surface area contributed by atoms with Gasteiger partial charge in [0.25, 0.3) is 0 Å². The van der Waals surface area contributed by atoms with Crippen LogP contribution in [0.25, 0.3) is 0 Å². The van der Waals surface area contributed by atoms with Gasteiger partial charge in [-0.15, -0.1) is 24.0 Å². The number of imidazole rings is 1. The summed E-state index contributed by atoms with van der Waals surface area (Å²) in [5.41, 5.74) is 2.10. The van der Waals surface area contributed by atoms with Crippen LogP contribution in [0.2, 0.25) is 0 Å². The highest BCUT2D eigenvalue weighted by Gasteiger charge is 2.12. The van der Waals surface area contributed by atoms with Gasteiger partial charge < -0.3 is 15.4 Å². The third kappa shape index (κ3) is 6.96. The minimum atomic E-state index is -2.62. The average Bonchev–Trinajstić information content (AvgIpc) is 3.05. The number of halogens is 3. The largest absolute Gasteiger partial charge is 0.491 e. The molecule has 0 aliphatic heterocycles. The summed E-state index contributed by atoms with van der Waals surface area (Å²) >= 11 is 0. The van der Waals surface area contributed by atoms with Crippen LogP contribution in [0.3, 0.4) is 0 Å². The van der Waals surface area contributed by atoms with E-state index in [1.807, 2.05) is 39.0 Å². The molecule has 1 aromatic carbocycles. The zero-order valence-corrected chi connectivity index (χ0v) is 18.2. The molecule has 0 spiro atoms. The Bertz CT molecular complexity index is 749. The second-order valence-electron chi connectivity index (χ2n) is 6.09. The third-order valence-electron chi connectivity index (χ3n) is 3.63. The van der Waals surface area contributed by atoms with Crippen LogP contribution in [0.4, 0.5) is 8.78 Å². The standard InChI is InChI=1S/C18H25F2N5O.HI/c1-12(2)26-15-9-13(3)5-6-14(15)10-23-18(21-4)24-11-16-22-7-8-25(16)17(19)20;/h5-9,12,17H,10-11H2,1-4H3,(H2,21,23,24);1H. The summed E-state index contributed by atoms with van der Waals surface area (Å²) in [7, 11) is 1.62. The number of alkyl halides is 2. The molecule has 2 rings (SSSR count). The van der Waals surface area contributed by atoms with E-state index in [2.05, 4.69) is 20.6 Å². The number of aromatic nitrogens is 2. The van der Waals surface area contributed by atoms with E-state index < -0.39 is 6.55 Å². The van der Waals surface area contributed by atoms with Crippen molar-refractivity contribution in [2.75, 3.05) is 7.05 Å². The van der Waals surface area contributed by atoms with Gasteiger partial charge in [0.05, 0.1) is 12.6 Å². The predicted octanol–water partition coefficient (Wildman–Crippen LogP) is 3.86. The Balaban J connectivity index is 0.00000364. The fourth-order valence-electron chi connectivity index (χ4n) is 2.39. The molecule has 0 aliphatic rings. The Morgan fingerprint density at radius 3 is 2.59 bits per heavy atom. The number of rotatable bonds is 7. The molecule has 0 saturated heterocycles.